The van der Waals surface area contributed by atoms with Crippen molar-refractivity contribution in [2.75, 3.05) is 0 Å². The molecule has 0 saturated carbocycles. The summed E-state index contributed by atoms with van der Waals surface area (Å²) in [5.74, 6) is 0.0244. The van der Waals surface area contributed by atoms with Gasteiger partial charge in [0.1, 0.15) is 0 Å². The summed E-state index contributed by atoms with van der Waals surface area (Å²) in [7, 11) is 0. The lowest BCUT2D eigenvalue weighted by atomic mass is 10.2. The Morgan fingerprint density at radius 2 is 2.25 bits per heavy atom. The van der Waals surface area contributed by atoms with E-state index in [1.165, 1.54) is 12.3 Å². The molecule has 1 aromatic rings. The molecule has 66 valence electrons. The van der Waals surface area contributed by atoms with Gasteiger partial charge in [-0.1, -0.05) is 0 Å². The molecule has 5 heteroatoms. The minimum Gasteiger partial charge on any atom is -0.258 e. The highest BCUT2D eigenvalue weighted by Crippen LogP contribution is 2.24. The van der Waals surface area contributed by atoms with E-state index in [1.807, 2.05) is 22.6 Å². The van der Waals surface area contributed by atoms with Crippen LogP contribution >= 0.6 is 34.2 Å². The SMILES string of the molecule is FC(F)c1cc(I)cnc1CCl. The van der Waals surface area contributed by atoms with Gasteiger partial charge in [0.05, 0.1) is 11.6 Å². The minimum absolute atomic E-state index is 0.0244. The molecule has 0 saturated heterocycles. The number of halogens is 4. The van der Waals surface area contributed by atoms with Crippen molar-refractivity contribution in [3.05, 3.63) is 27.1 Å². The predicted octanol–water partition coefficient (Wildman–Crippen LogP) is 3.36. The molecule has 0 atom stereocenters. The first-order valence-corrected chi connectivity index (χ1v) is 4.75. The number of pyridine rings is 1. The largest absolute Gasteiger partial charge is 0.265 e. The van der Waals surface area contributed by atoms with E-state index in [1.54, 1.807) is 0 Å². The van der Waals surface area contributed by atoms with Crippen LogP contribution in [0.4, 0.5) is 8.78 Å². The molecule has 0 N–H and O–H groups in total. The van der Waals surface area contributed by atoms with Crippen LogP contribution in [-0.2, 0) is 5.88 Å². The Hall–Kier alpha value is 0.0300. The third-order valence-electron chi connectivity index (χ3n) is 1.33. The highest BCUT2D eigenvalue weighted by molar-refractivity contribution is 14.1. The predicted molar refractivity (Wildman–Crippen MR) is 51.5 cm³/mol. The summed E-state index contributed by atoms with van der Waals surface area (Å²) < 4.78 is 25.3. The molecule has 1 aromatic heterocycles. The van der Waals surface area contributed by atoms with Crippen molar-refractivity contribution in [3.63, 3.8) is 0 Å². The van der Waals surface area contributed by atoms with Crippen LogP contribution in [0.3, 0.4) is 0 Å². The third-order valence-corrected chi connectivity index (χ3v) is 2.18. The Kier molecular flexibility index (Phi) is 3.64. The van der Waals surface area contributed by atoms with E-state index in [4.69, 9.17) is 11.6 Å². The van der Waals surface area contributed by atoms with Crippen LogP contribution < -0.4 is 0 Å². The van der Waals surface area contributed by atoms with Gasteiger partial charge >= 0.3 is 0 Å². The van der Waals surface area contributed by atoms with Crippen LogP contribution in [-0.4, -0.2) is 4.98 Å². The molecule has 0 spiro atoms. The molecule has 0 aliphatic rings. The van der Waals surface area contributed by atoms with E-state index >= 15 is 0 Å². The third kappa shape index (κ3) is 2.26. The second-order valence-electron chi connectivity index (χ2n) is 2.12. The van der Waals surface area contributed by atoms with Crippen LogP contribution in [0.5, 0.6) is 0 Å². The highest BCUT2D eigenvalue weighted by Gasteiger charge is 2.13. The molecule has 1 rings (SSSR count). The fraction of sp³-hybridized carbons (Fsp3) is 0.286. The van der Waals surface area contributed by atoms with Gasteiger partial charge in [-0.25, -0.2) is 8.78 Å². The van der Waals surface area contributed by atoms with E-state index in [0.29, 0.717) is 3.57 Å². The normalized spacial score (nSPS) is 10.8. The summed E-state index contributed by atoms with van der Waals surface area (Å²) in [6.45, 7) is 0. The lowest BCUT2D eigenvalue weighted by molar-refractivity contribution is 0.150. The van der Waals surface area contributed by atoms with Crippen molar-refractivity contribution in [1.82, 2.24) is 4.98 Å². The number of rotatable bonds is 2. The lowest BCUT2D eigenvalue weighted by Crippen LogP contribution is -1.96. The Morgan fingerprint density at radius 3 is 2.75 bits per heavy atom. The fourth-order valence-electron chi connectivity index (χ4n) is 0.784. The standard InChI is InChI=1S/C7H5ClF2IN/c8-2-6-5(7(9)10)1-4(11)3-12-6/h1,3,7H,2H2. The van der Waals surface area contributed by atoms with E-state index in [9.17, 15) is 8.78 Å². The molecule has 0 aromatic carbocycles. The molecule has 0 unspecified atom stereocenters. The van der Waals surface area contributed by atoms with Gasteiger partial charge in [-0.2, -0.15) is 0 Å². The summed E-state index contributed by atoms with van der Waals surface area (Å²) >= 11 is 7.36. The van der Waals surface area contributed by atoms with E-state index < -0.39 is 6.43 Å². The molecule has 0 amide bonds. The first kappa shape index (κ1) is 10.1. The first-order chi connectivity index (χ1) is 5.65. The molecule has 12 heavy (non-hydrogen) atoms. The maximum Gasteiger partial charge on any atom is 0.265 e. The smallest absolute Gasteiger partial charge is 0.258 e. The number of nitrogens with zero attached hydrogens (tertiary/aromatic N) is 1. The quantitative estimate of drug-likeness (QED) is 0.603. The van der Waals surface area contributed by atoms with Crippen LogP contribution in [0.25, 0.3) is 0 Å². The van der Waals surface area contributed by atoms with Crippen LogP contribution in [0, 0.1) is 3.57 Å². The van der Waals surface area contributed by atoms with E-state index in [0.717, 1.165) is 0 Å². The summed E-state index contributed by atoms with van der Waals surface area (Å²) in [6.07, 6.45) is -0.981. The molecule has 0 bridgehead atoms. The van der Waals surface area contributed by atoms with Gasteiger partial charge in [0.2, 0.25) is 0 Å². The summed E-state index contributed by atoms with van der Waals surface area (Å²) in [5.41, 5.74) is 0.184. The topological polar surface area (TPSA) is 12.9 Å². The second kappa shape index (κ2) is 4.32. The maximum absolute atomic E-state index is 12.3. The monoisotopic (exact) mass is 303 g/mol. The maximum atomic E-state index is 12.3. The van der Waals surface area contributed by atoms with Gasteiger partial charge in [0, 0.05) is 15.3 Å². The molecule has 1 heterocycles. The molecule has 0 aliphatic carbocycles. The van der Waals surface area contributed by atoms with Gasteiger partial charge in [0.25, 0.3) is 6.43 Å². The Labute approximate surface area is 87.3 Å². The van der Waals surface area contributed by atoms with Crippen molar-refractivity contribution < 1.29 is 8.78 Å². The summed E-state index contributed by atoms with van der Waals surface area (Å²) in [6, 6.07) is 1.40. The molecule has 1 nitrogen and oxygen atoms in total. The van der Waals surface area contributed by atoms with Gasteiger partial charge < -0.3 is 0 Å². The molecular weight excluding hydrogens is 298 g/mol. The van der Waals surface area contributed by atoms with Crippen LogP contribution in [0.1, 0.15) is 17.7 Å². The van der Waals surface area contributed by atoms with Crippen molar-refractivity contribution in [2.45, 2.75) is 12.3 Å². The highest BCUT2D eigenvalue weighted by atomic mass is 127. The number of aromatic nitrogens is 1. The molecule has 0 fully saturated rings. The van der Waals surface area contributed by atoms with E-state index in [-0.39, 0.29) is 17.1 Å². The average molecular weight is 303 g/mol. The lowest BCUT2D eigenvalue weighted by Gasteiger charge is -2.04. The van der Waals surface area contributed by atoms with Gasteiger partial charge in [-0.15, -0.1) is 11.6 Å². The second-order valence-corrected chi connectivity index (χ2v) is 3.64. The molecular formula is C7H5ClF2IN. The van der Waals surface area contributed by atoms with Crippen molar-refractivity contribution in [3.8, 4) is 0 Å². The Bertz CT molecular complexity index is 280. The van der Waals surface area contributed by atoms with Crippen LogP contribution in [0.15, 0.2) is 12.3 Å². The van der Waals surface area contributed by atoms with Gasteiger partial charge in [-0.05, 0) is 28.7 Å². The zero-order valence-corrected chi connectivity index (χ0v) is 8.81. The summed E-state index contributed by atoms with van der Waals surface area (Å²) in [5, 5.41) is 0. The Balaban J connectivity index is 3.12. The van der Waals surface area contributed by atoms with Crippen molar-refractivity contribution >= 4 is 34.2 Å². The Morgan fingerprint density at radius 1 is 1.58 bits per heavy atom. The minimum atomic E-state index is -2.50. The summed E-state index contributed by atoms with van der Waals surface area (Å²) in [4.78, 5) is 3.80. The number of hydrogen-bond acceptors (Lipinski definition) is 1. The number of alkyl halides is 3. The van der Waals surface area contributed by atoms with Gasteiger partial charge in [-0.3, -0.25) is 4.98 Å². The van der Waals surface area contributed by atoms with Gasteiger partial charge in [0.15, 0.2) is 0 Å². The molecule has 0 radical (unpaired) electrons. The first-order valence-electron chi connectivity index (χ1n) is 3.13. The zero-order chi connectivity index (χ0) is 9.14. The van der Waals surface area contributed by atoms with Crippen LogP contribution in [0.2, 0.25) is 0 Å². The zero-order valence-electron chi connectivity index (χ0n) is 5.90. The van der Waals surface area contributed by atoms with Crippen molar-refractivity contribution in [2.24, 2.45) is 0 Å². The van der Waals surface area contributed by atoms with Crippen molar-refractivity contribution in [1.29, 1.82) is 0 Å². The molecule has 0 aliphatic heterocycles. The van der Waals surface area contributed by atoms with E-state index in [2.05, 4.69) is 4.98 Å². The fourth-order valence-corrected chi connectivity index (χ4v) is 1.48. The average Bonchev–Trinajstić information content (AvgIpc) is 2.04. The number of hydrogen-bond donors (Lipinski definition) is 0.